The van der Waals surface area contributed by atoms with Crippen molar-refractivity contribution in [3.05, 3.63) is 64.0 Å². The molecule has 180 valence electrons. The van der Waals surface area contributed by atoms with Gasteiger partial charge in [-0.15, -0.1) is 11.3 Å². The van der Waals surface area contributed by atoms with Crippen LogP contribution in [0.1, 0.15) is 39.9 Å². The van der Waals surface area contributed by atoms with Gasteiger partial charge >= 0.3 is 0 Å². The largest absolute Gasteiger partial charge is 0.298 e. The number of sulfonamides is 1. The second-order valence-corrected chi connectivity index (χ2v) is 10.8. The lowest BCUT2D eigenvalue weighted by Gasteiger charge is -2.20. The molecule has 0 aliphatic rings. The zero-order chi connectivity index (χ0) is 25.6. The molecular formula is C25H25N5O3S2. The van der Waals surface area contributed by atoms with Crippen LogP contribution in [0.3, 0.4) is 0 Å². The highest BCUT2D eigenvalue weighted by Gasteiger charge is 2.24. The lowest BCUT2D eigenvalue weighted by atomic mass is 9.98. The fraction of sp³-hybridized carbons (Fsp3) is 0.280. The first-order chi connectivity index (χ1) is 16.7. The summed E-state index contributed by atoms with van der Waals surface area (Å²) >= 11 is 1.32. The number of rotatable bonds is 9. The van der Waals surface area contributed by atoms with Gasteiger partial charge in [0.05, 0.1) is 22.7 Å². The minimum Gasteiger partial charge on any atom is -0.298 e. The van der Waals surface area contributed by atoms with Gasteiger partial charge in [-0.2, -0.15) is 14.8 Å². The first-order valence-electron chi connectivity index (χ1n) is 10.9. The maximum Gasteiger partial charge on any atom is 0.257 e. The summed E-state index contributed by atoms with van der Waals surface area (Å²) in [6.07, 6.45) is 0.0329. The summed E-state index contributed by atoms with van der Waals surface area (Å²) < 4.78 is 27.0. The molecule has 1 N–H and O–H groups in total. The number of nitrogens with zero attached hydrogens (tertiary/aromatic N) is 4. The highest BCUT2D eigenvalue weighted by atomic mass is 32.2. The van der Waals surface area contributed by atoms with Crippen LogP contribution in [0, 0.1) is 43.4 Å². The summed E-state index contributed by atoms with van der Waals surface area (Å²) in [4.78, 5) is 17.3. The lowest BCUT2D eigenvalue weighted by Crippen LogP contribution is -2.32. The number of carbonyl (C=O) groups is 1. The zero-order valence-electron chi connectivity index (χ0n) is 19.7. The first-order valence-corrected chi connectivity index (χ1v) is 13.2. The number of benzene rings is 2. The molecule has 0 saturated heterocycles. The lowest BCUT2D eigenvalue weighted by molar-refractivity contribution is 0.102. The number of hydrogen-bond donors (Lipinski definition) is 1. The molecule has 1 amide bonds. The van der Waals surface area contributed by atoms with E-state index in [1.807, 2.05) is 38.3 Å². The summed E-state index contributed by atoms with van der Waals surface area (Å²) in [5.41, 5.74) is 5.51. The molecule has 0 aliphatic heterocycles. The molecule has 35 heavy (non-hydrogen) atoms. The third kappa shape index (κ3) is 6.11. The van der Waals surface area contributed by atoms with Gasteiger partial charge in [-0.25, -0.2) is 13.4 Å². The summed E-state index contributed by atoms with van der Waals surface area (Å²) in [5.74, 6) is -0.405. The molecular weight excluding hydrogens is 482 g/mol. The quantitative estimate of drug-likeness (QED) is 0.443. The van der Waals surface area contributed by atoms with E-state index in [1.54, 1.807) is 0 Å². The second kappa shape index (κ2) is 11.2. The number of nitrogens with one attached hydrogen (secondary N) is 1. The van der Waals surface area contributed by atoms with Gasteiger partial charge in [0, 0.05) is 42.4 Å². The predicted octanol–water partition coefficient (Wildman–Crippen LogP) is 4.81. The van der Waals surface area contributed by atoms with E-state index in [0.717, 1.165) is 26.7 Å². The molecule has 8 nitrogen and oxygen atoms in total. The van der Waals surface area contributed by atoms with Crippen LogP contribution in [0.5, 0.6) is 0 Å². The van der Waals surface area contributed by atoms with E-state index in [-0.39, 0.29) is 36.4 Å². The number of anilines is 1. The van der Waals surface area contributed by atoms with Crippen molar-refractivity contribution in [2.24, 2.45) is 0 Å². The van der Waals surface area contributed by atoms with E-state index >= 15 is 0 Å². The van der Waals surface area contributed by atoms with Crippen molar-refractivity contribution in [3.8, 4) is 23.4 Å². The van der Waals surface area contributed by atoms with E-state index in [9.17, 15) is 13.2 Å². The van der Waals surface area contributed by atoms with Gasteiger partial charge in [-0.3, -0.25) is 10.1 Å². The minimum absolute atomic E-state index is 0.00490. The molecule has 0 radical (unpaired) electrons. The van der Waals surface area contributed by atoms with Gasteiger partial charge < -0.3 is 0 Å². The Morgan fingerprint density at radius 3 is 2.14 bits per heavy atom. The Morgan fingerprint density at radius 1 is 1.03 bits per heavy atom. The standard InChI is InChI=1S/C25H25N5O3S2/c1-17-14-18(2)23(19(3)15-17)22-16-34-25(28-22)29-24(31)20-6-8-21(9-7-20)35(32,33)30(12-4-10-26)13-5-11-27/h6-9,14-16H,4-5,12-13H2,1-3H3,(H,28,29,31). The van der Waals surface area contributed by atoms with Gasteiger partial charge in [-0.05, 0) is 56.2 Å². The summed E-state index contributed by atoms with van der Waals surface area (Å²) in [6.45, 7) is 6.10. The molecule has 0 atom stereocenters. The summed E-state index contributed by atoms with van der Waals surface area (Å²) in [7, 11) is -3.90. The van der Waals surface area contributed by atoms with Crippen LogP contribution in [0.15, 0.2) is 46.7 Å². The highest BCUT2D eigenvalue weighted by Crippen LogP contribution is 2.31. The van der Waals surface area contributed by atoms with Crippen LogP contribution in [0.25, 0.3) is 11.3 Å². The van der Waals surface area contributed by atoms with Gasteiger partial charge in [0.25, 0.3) is 5.91 Å². The van der Waals surface area contributed by atoms with Crippen molar-refractivity contribution in [1.29, 1.82) is 10.5 Å². The van der Waals surface area contributed by atoms with Gasteiger partial charge in [-0.1, -0.05) is 17.7 Å². The molecule has 0 saturated carbocycles. The maximum absolute atomic E-state index is 12.9. The topological polar surface area (TPSA) is 127 Å². The number of aryl methyl sites for hydroxylation is 3. The van der Waals surface area contributed by atoms with Crippen LogP contribution < -0.4 is 5.32 Å². The van der Waals surface area contributed by atoms with E-state index in [2.05, 4.69) is 22.4 Å². The molecule has 3 rings (SSSR count). The Bertz CT molecular complexity index is 1370. The molecule has 0 aliphatic carbocycles. The molecule has 0 unspecified atom stereocenters. The Kier molecular flexibility index (Phi) is 8.36. The van der Waals surface area contributed by atoms with Crippen LogP contribution in [-0.2, 0) is 10.0 Å². The van der Waals surface area contributed by atoms with Crippen LogP contribution in [-0.4, -0.2) is 36.7 Å². The zero-order valence-corrected chi connectivity index (χ0v) is 21.3. The van der Waals surface area contributed by atoms with Crippen LogP contribution >= 0.6 is 11.3 Å². The third-order valence-electron chi connectivity index (χ3n) is 5.36. The fourth-order valence-corrected chi connectivity index (χ4v) is 5.97. The number of amides is 1. The van der Waals surface area contributed by atoms with Crippen LogP contribution in [0.4, 0.5) is 5.13 Å². The second-order valence-electron chi connectivity index (χ2n) is 8.01. The van der Waals surface area contributed by atoms with Crippen molar-refractivity contribution in [2.45, 2.75) is 38.5 Å². The van der Waals surface area contributed by atoms with Gasteiger partial charge in [0.2, 0.25) is 10.0 Å². The van der Waals surface area contributed by atoms with E-state index in [1.165, 1.54) is 41.2 Å². The van der Waals surface area contributed by atoms with Crippen molar-refractivity contribution in [1.82, 2.24) is 9.29 Å². The van der Waals surface area contributed by atoms with E-state index in [4.69, 9.17) is 10.5 Å². The van der Waals surface area contributed by atoms with Crippen molar-refractivity contribution < 1.29 is 13.2 Å². The van der Waals surface area contributed by atoms with Crippen molar-refractivity contribution >= 4 is 32.4 Å². The van der Waals surface area contributed by atoms with Gasteiger partial charge in [0.15, 0.2) is 5.13 Å². The molecule has 0 spiro atoms. The number of thiazole rings is 1. The van der Waals surface area contributed by atoms with E-state index in [0.29, 0.717) is 5.13 Å². The molecule has 0 bridgehead atoms. The van der Waals surface area contributed by atoms with Gasteiger partial charge in [0.1, 0.15) is 0 Å². The number of aromatic nitrogens is 1. The normalized spacial score (nSPS) is 11.1. The van der Waals surface area contributed by atoms with E-state index < -0.39 is 15.9 Å². The number of carbonyl (C=O) groups excluding carboxylic acids is 1. The number of hydrogen-bond acceptors (Lipinski definition) is 7. The molecule has 2 aromatic carbocycles. The highest BCUT2D eigenvalue weighted by molar-refractivity contribution is 7.89. The summed E-state index contributed by atoms with van der Waals surface area (Å²) in [6, 6.07) is 13.6. The summed E-state index contributed by atoms with van der Waals surface area (Å²) in [5, 5.41) is 22.7. The van der Waals surface area contributed by atoms with Crippen molar-refractivity contribution in [2.75, 3.05) is 18.4 Å². The average molecular weight is 508 g/mol. The predicted molar refractivity (Wildman–Crippen MR) is 135 cm³/mol. The Morgan fingerprint density at radius 2 is 1.60 bits per heavy atom. The molecule has 1 heterocycles. The first kappa shape index (κ1) is 26.0. The molecule has 3 aromatic rings. The molecule has 0 fully saturated rings. The fourth-order valence-electron chi connectivity index (χ4n) is 3.83. The number of nitriles is 2. The Balaban J connectivity index is 1.76. The van der Waals surface area contributed by atoms with Crippen LogP contribution in [0.2, 0.25) is 0 Å². The molecule has 10 heteroatoms. The maximum atomic E-state index is 12.9. The Labute approximate surface area is 209 Å². The van der Waals surface area contributed by atoms with Crippen molar-refractivity contribution in [3.63, 3.8) is 0 Å². The Hall–Kier alpha value is -3.57. The average Bonchev–Trinajstić information content (AvgIpc) is 3.26. The SMILES string of the molecule is Cc1cc(C)c(-c2csc(NC(=O)c3ccc(S(=O)(=O)N(CCC#N)CCC#N)cc3)n2)c(C)c1. The smallest absolute Gasteiger partial charge is 0.257 e. The minimum atomic E-state index is -3.90. The third-order valence-corrected chi connectivity index (χ3v) is 8.03. The monoisotopic (exact) mass is 507 g/mol. The molecule has 1 aromatic heterocycles.